The summed E-state index contributed by atoms with van der Waals surface area (Å²) in [7, 11) is 0. The summed E-state index contributed by atoms with van der Waals surface area (Å²) in [5.74, 6) is 0.0305. The Morgan fingerprint density at radius 1 is 0.923 bits per heavy atom. The van der Waals surface area contributed by atoms with Gasteiger partial charge in [-0.25, -0.2) is 27.1 Å². The first-order valence-electron chi connectivity index (χ1n) is 7.25. The topological polar surface area (TPSA) is 82.0 Å². The van der Waals surface area contributed by atoms with Gasteiger partial charge >= 0.3 is 0 Å². The van der Waals surface area contributed by atoms with Crippen LogP contribution in [0, 0.1) is 0 Å². The average molecular weight is 364 g/mol. The van der Waals surface area contributed by atoms with Crippen LogP contribution in [0.25, 0.3) is 28.8 Å². The Kier molecular flexibility index (Phi) is 3.82. The summed E-state index contributed by atoms with van der Waals surface area (Å²) < 4.78 is 58.3. The third-order valence-electron chi connectivity index (χ3n) is 3.45. The highest BCUT2D eigenvalue weighted by molar-refractivity contribution is 5.58. The van der Waals surface area contributed by atoms with Crippen molar-refractivity contribution in [1.29, 1.82) is 0 Å². The lowest BCUT2D eigenvalue weighted by atomic mass is 10.3. The molecule has 0 N–H and O–H groups in total. The normalized spacial score (nSPS) is 11.8. The molecule has 4 aromatic heterocycles. The first kappa shape index (κ1) is 16.1. The van der Waals surface area contributed by atoms with E-state index in [1.807, 2.05) is 0 Å². The van der Waals surface area contributed by atoms with Crippen LogP contribution in [0.4, 0.5) is 17.6 Å². The molecule has 0 aliphatic heterocycles. The Balaban J connectivity index is 1.81. The lowest BCUT2D eigenvalue weighted by Crippen LogP contribution is -2.04. The van der Waals surface area contributed by atoms with Gasteiger partial charge in [-0.15, -0.1) is 10.2 Å². The Hall–Kier alpha value is -3.37. The van der Waals surface area contributed by atoms with Crippen LogP contribution < -0.4 is 0 Å². The predicted molar refractivity (Wildman–Crippen MR) is 79.4 cm³/mol. The van der Waals surface area contributed by atoms with Crippen LogP contribution in [0.3, 0.4) is 0 Å². The van der Waals surface area contributed by atoms with Crippen molar-refractivity contribution in [2.75, 3.05) is 0 Å². The number of fused-ring (bicyclic) bond motifs is 1. The van der Waals surface area contributed by atoms with E-state index >= 15 is 0 Å². The number of rotatable bonds is 4. The molecular formula is C15H8F4N6O. The Bertz CT molecular complexity index is 1060. The van der Waals surface area contributed by atoms with E-state index in [1.54, 1.807) is 18.2 Å². The second-order valence-electron chi connectivity index (χ2n) is 5.13. The SMILES string of the molecule is FC(F)c1cc(C(F)F)n2nc(-c3nnc(-c4ccccn4)o3)cc2n1. The van der Waals surface area contributed by atoms with E-state index < -0.39 is 24.2 Å². The van der Waals surface area contributed by atoms with E-state index in [1.165, 1.54) is 12.3 Å². The molecule has 4 rings (SSSR count). The summed E-state index contributed by atoms with van der Waals surface area (Å²) in [6.07, 6.45) is -4.47. The van der Waals surface area contributed by atoms with Gasteiger partial charge in [-0.1, -0.05) is 6.07 Å². The first-order valence-corrected chi connectivity index (χ1v) is 7.25. The lowest BCUT2D eigenvalue weighted by molar-refractivity contribution is 0.135. The van der Waals surface area contributed by atoms with Gasteiger partial charge in [0.1, 0.15) is 17.1 Å². The number of nitrogens with zero attached hydrogens (tertiary/aromatic N) is 6. The number of alkyl halides is 4. The number of hydrogen-bond donors (Lipinski definition) is 0. The van der Waals surface area contributed by atoms with Crippen LogP contribution >= 0.6 is 0 Å². The summed E-state index contributed by atoms with van der Waals surface area (Å²) in [5, 5.41) is 11.5. The third kappa shape index (κ3) is 2.76. The molecule has 4 aromatic rings. The summed E-state index contributed by atoms with van der Waals surface area (Å²) in [4.78, 5) is 7.69. The van der Waals surface area contributed by atoms with Crippen molar-refractivity contribution >= 4 is 5.65 Å². The van der Waals surface area contributed by atoms with Crippen molar-refractivity contribution < 1.29 is 22.0 Å². The number of hydrogen-bond acceptors (Lipinski definition) is 6. The quantitative estimate of drug-likeness (QED) is 0.514. The minimum absolute atomic E-state index is 0.0282. The van der Waals surface area contributed by atoms with E-state index in [0.29, 0.717) is 11.8 Å². The maximum absolute atomic E-state index is 13.2. The second kappa shape index (κ2) is 6.17. The fourth-order valence-electron chi connectivity index (χ4n) is 2.31. The van der Waals surface area contributed by atoms with Gasteiger partial charge in [0, 0.05) is 12.3 Å². The zero-order valence-corrected chi connectivity index (χ0v) is 12.7. The molecule has 7 nitrogen and oxygen atoms in total. The Labute approximate surface area is 142 Å². The van der Waals surface area contributed by atoms with Gasteiger partial charge in [-0.3, -0.25) is 4.98 Å². The molecule has 0 spiro atoms. The molecule has 0 unspecified atom stereocenters. The fourth-order valence-corrected chi connectivity index (χ4v) is 2.31. The third-order valence-corrected chi connectivity index (χ3v) is 3.45. The van der Waals surface area contributed by atoms with Crippen LogP contribution in [0.2, 0.25) is 0 Å². The molecule has 0 saturated carbocycles. The van der Waals surface area contributed by atoms with Crippen LogP contribution in [-0.2, 0) is 0 Å². The minimum Gasteiger partial charge on any atom is -0.413 e. The van der Waals surface area contributed by atoms with Crippen LogP contribution in [0.5, 0.6) is 0 Å². The van der Waals surface area contributed by atoms with Crippen molar-refractivity contribution in [2.45, 2.75) is 12.9 Å². The molecule has 11 heteroatoms. The number of aromatic nitrogens is 6. The Morgan fingerprint density at radius 3 is 2.35 bits per heavy atom. The second-order valence-corrected chi connectivity index (χ2v) is 5.13. The smallest absolute Gasteiger partial charge is 0.280 e. The number of halogens is 4. The van der Waals surface area contributed by atoms with Crippen LogP contribution in [0.15, 0.2) is 40.9 Å². The predicted octanol–water partition coefficient (Wildman–Crippen LogP) is 3.72. The average Bonchev–Trinajstić information content (AvgIpc) is 3.28. The van der Waals surface area contributed by atoms with Crippen molar-refractivity contribution in [3.8, 4) is 23.2 Å². The molecule has 0 aliphatic rings. The van der Waals surface area contributed by atoms with Gasteiger partial charge < -0.3 is 4.42 Å². The molecule has 0 saturated heterocycles. The van der Waals surface area contributed by atoms with Gasteiger partial charge in [0.2, 0.25) is 0 Å². The number of pyridine rings is 1. The highest BCUT2D eigenvalue weighted by Gasteiger charge is 2.22. The zero-order chi connectivity index (χ0) is 18.3. The molecule has 132 valence electrons. The molecule has 0 fully saturated rings. The maximum atomic E-state index is 13.2. The maximum Gasteiger partial charge on any atom is 0.280 e. The van der Waals surface area contributed by atoms with Crippen LogP contribution in [0.1, 0.15) is 24.2 Å². The van der Waals surface area contributed by atoms with E-state index in [0.717, 1.165) is 4.52 Å². The molecular weight excluding hydrogens is 356 g/mol. The van der Waals surface area contributed by atoms with Gasteiger partial charge in [-0.05, 0) is 18.2 Å². The highest BCUT2D eigenvalue weighted by Crippen LogP contribution is 2.28. The molecule has 0 aliphatic carbocycles. The summed E-state index contributed by atoms with van der Waals surface area (Å²) in [5.41, 5.74) is -1.20. The van der Waals surface area contributed by atoms with Gasteiger partial charge in [0.05, 0.1) is 0 Å². The summed E-state index contributed by atoms with van der Waals surface area (Å²) in [6.45, 7) is 0. The van der Waals surface area contributed by atoms with Crippen molar-refractivity contribution in [3.05, 3.63) is 47.9 Å². The van der Waals surface area contributed by atoms with E-state index in [9.17, 15) is 17.6 Å². The molecule has 26 heavy (non-hydrogen) atoms. The molecule has 0 amide bonds. The van der Waals surface area contributed by atoms with Crippen molar-refractivity contribution in [2.24, 2.45) is 0 Å². The van der Waals surface area contributed by atoms with Crippen molar-refractivity contribution in [1.82, 2.24) is 29.8 Å². The Morgan fingerprint density at radius 2 is 1.69 bits per heavy atom. The zero-order valence-electron chi connectivity index (χ0n) is 12.7. The van der Waals surface area contributed by atoms with Crippen molar-refractivity contribution in [3.63, 3.8) is 0 Å². The van der Waals surface area contributed by atoms with Gasteiger partial charge in [0.15, 0.2) is 11.3 Å². The van der Waals surface area contributed by atoms with E-state index in [2.05, 4.69) is 25.3 Å². The summed E-state index contributed by atoms with van der Waals surface area (Å²) >= 11 is 0. The first-order chi connectivity index (χ1) is 12.5. The monoisotopic (exact) mass is 364 g/mol. The minimum atomic E-state index is -3.02. The molecule has 0 bridgehead atoms. The molecule has 0 radical (unpaired) electrons. The molecule has 0 aromatic carbocycles. The van der Waals surface area contributed by atoms with Gasteiger partial charge in [0.25, 0.3) is 24.6 Å². The van der Waals surface area contributed by atoms with E-state index in [4.69, 9.17) is 4.42 Å². The van der Waals surface area contributed by atoms with Crippen LogP contribution in [-0.4, -0.2) is 29.8 Å². The standard InChI is InChI=1S/C15H8F4N6O/c16-12(17)8-5-10(13(18)19)25-11(21-8)6-9(24-25)15-23-22-14(26-15)7-3-1-2-4-20-7/h1-6,12-13H. The molecule has 4 heterocycles. The summed E-state index contributed by atoms with van der Waals surface area (Å²) in [6, 6.07) is 6.91. The lowest BCUT2D eigenvalue weighted by Gasteiger charge is -2.06. The van der Waals surface area contributed by atoms with E-state index in [-0.39, 0.29) is 23.1 Å². The highest BCUT2D eigenvalue weighted by atomic mass is 19.3. The largest absolute Gasteiger partial charge is 0.413 e. The van der Waals surface area contributed by atoms with Gasteiger partial charge in [-0.2, -0.15) is 5.10 Å². The fraction of sp³-hybridized carbons (Fsp3) is 0.133. The molecule has 0 atom stereocenters.